The van der Waals surface area contributed by atoms with Crippen LogP contribution in [-0.2, 0) is 0 Å². The monoisotopic (exact) mass is 220 g/mol. The quantitative estimate of drug-likeness (QED) is 0.570. The molecule has 0 unspecified atom stereocenters. The van der Waals surface area contributed by atoms with E-state index in [4.69, 9.17) is 6.94 Å². The molecule has 0 aliphatic carbocycles. The summed E-state index contributed by atoms with van der Waals surface area (Å²) in [6, 6.07) is 0. The van der Waals surface area contributed by atoms with Crippen LogP contribution in [0, 0.1) is 0 Å². The van der Waals surface area contributed by atoms with E-state index in [0.717, 1.165) is 21.8 Å². The fourth-order valence-electron chi connectivity index (χ4n) is 0.769. The van der Waals surface area contributed by atoms with Crippen molar-refractivity contribution in [1.29, 1.82) is 0 Å². The van der Waals surface area contributed by atoms with Crippen molar-refractivity contribution in [3.8, 4) is 0 Å². The molecule has 1 heterocycles. The summed E-state index contributed by atoms with van der Waals surface area (Å²) in [5.41, 5.74) is 0. The van der Waals surface area contributed by atoms with Gasteiger partial charge in [-0.05, 0) is 0 Å². The summed E-state index contributed by atoms with van der Waals surface area (Å²) in [5.74, 6) is 0. The maximum absolute atomic E-state index is 8.94. The summed E-state index contributed by atoms with van der Waals surface area (Å²) in [5, 5.41) is 0. The van der Waals surface area contributed by atoms with Gasteiger partial charge in [0.2, 0.25) is 0 Å². The average Bonchev–Trinajstić information content (AvgIpc) is 1.84. The van der Waals surface area contributed by atoms with Crippen molar-refractivity contribution >= 4 is 19.0 Å². The third-order valence-electron chi connectivity index (χ3n) is 1.19. The number of rotatable bonds is 0. The SMILES string of the molecule is O[Te]1(O)CCCC1. The van der Waals surface area contributed by atoms with E-state index in [2.05, 4.69) is 0 Å². The maximum atomic E-state index is 8.94. The van der Waals surface area contributed by atoms with Gasteiger partial charge >= 0.3 is 47.7 Å². The Hall–Kier alpha value is 0.710. The van der Waals surface area contributed by atoms with E-state index in [-0.39, 0.29) is 0 Å². The molecule has 2 N–H and O–H groups in total. The molecular weight excluding hydrogens is 208 g/mol. The molecule has 0 saturated carbocycles. The van der Waals surface area contributed by atoms with Gasteiger partial charge < -0.3 is 0 Å². The van der Waals surface area contributed by atoms with E-state index in [9.17, 15) is 0 Å². The van der Waals surface area contributed by atoms with Crippen molar-refractivity contribution in [2.45, 2.75) is 21.8 Å². The minimum atomic E-state index is -2.99. The van der Waals surface area contributed by atoms with Crippen molar-refractivity contribution < 1.29 is 6.94 Å². The van der Waals surface area contributed by atoms with Crippen molar-refractivity contribution in [2.75, 3.05) is 0 Å². The van der Waals surface area contributed by atoms with Gasteiger partial charge in [0.1, 0.15) is 0 Å². The predicted molar refractivity (Wildman–Crippen MR) is 29.0 cm³/mol. The van der Waals surface area contributed by atoms with Crippen molar-refractivity contribution in [3.05, 3.63) is 0 Å². The zero-order valence-corrected chi connectivity index (χ0v) is 6.46. The van der Waals surface area contributed by atoms with E-state index in [1.165, 1.54) is 0 Å². The Labute approximate surface area is 48.1 Å². The second-order valence-corrected chi connectivity index (χ2v) is 8.83. The topological polar surface area (TPSA) is 40.5 Å². The van der Waals surface area contributed by atoms with Gasteiger partial charge in [0.05, 0.1) is 0 Å². The van der Waals surface area contributed by atoms with Gasteiger partial charge in [-0.2, -0.15) is 0 Å². The van der Waals surface area contributed by atoms with Gasteiger partial charge in [-0.15, -0.1) is 0 Å². The Morgan fingerprint density at radius 2 is 1.43 bits per heavy atom. The molecule has 1 saturated heterocycles. The molecule has 0 amide bonds. The van der Waals surface area contributed by atoms with Crippen molar-refractivity contribution in [1.82, 2.24) is 0 Å². The van der Waals surface area contributed by atoms with Crippen LogP contribution in [0.2, 0.25) is 8.94 Å². The minimum absolute atomic E-state index is 0.752. The molecule has 1 aliphatic heterocycles. The molecule has 0 aromatic heterocycles. The van der Waals surface area contributed by atoms with Gasteiger partial charge in [-0.1, -0.05) is 0 Å². The first-order valence-electron chi connectivity index (χ1n) is 2.44. The van der Waals surface area contributed by atoms with Crippen LogP contribution >= 0.6 is 0 Å². The molecule has 2 nitrogen and oxygen atoms in total. The molecule has 0 spiro atoms. The summed E-state index contributed by atoms with van der Waals surface area (Å²) < 4.78 is 19.4. The molecule has 0 bridgehead atoms. The molecule has 3 heteroatoms. The summed E-state index contributed by atoms with van der Waals surface area (Å²) >= 11 is -2.99. The Balaban J connectivity index is 2.40. The Morgan fingerprint density at radius 3 is 1.57 bits per heavy atom. The van der Waals surface area contributed by atoms with E-state index >= 15 is 0 Å². The van der Waals surface area contributed by atoms with Gasteiger partial charge in [-0.25, -0.2) is 0 Å². The normalized spacial score (nSPS) is 32.9. The molecule has 1 rings (SSSR count). The molecule has 0 radical (unpaired) electrons. The van der Waals surface area contributed by atoms with Gasteiger partial charge in [0.25, 0.3) is 0 Å². The first-order valence-corrected chi connectivity index (χ1v) is 7.82. The average molecular weight is 218 g/mol. The Morgan fingerprint density at radius 1 is 1.00 bits per heavy atom. The fourth-order valence-corrected chi connectivity index (χ4v) is 5.16. The summed E-state index contributed by atoms with van der Waals surface area (Å²) in [6.45, 7) is 0. The zero-order valence-electron chi connectivity index (χ0n) is 4.13. The predicted octanol–water partition coefficient (Wildman–Crippen LogP) is 0.207. The molecule has 0 atom stereocenters. The molecule has 44 valence electrons. The van der Waals surface area contributed by atoms with Crippen LogP contribution < -0.4 is 0 Å². The van der Waals surface area contributed by atoms with Crippen molar-refractivity contribution in [2.24, 2.45) is 0 Å². The molecular formula is C4H10O2Te. The standard InChI is InChI=1S/C4H10O2Te/c5-7(6)3-1-2-4-7/h5-6H,1-4H2. The van der Waals surface area contributed by atoms with Crippen LogP contribution in [0.4, 0.5) is 0 Å². The van der Waals surface area contributed by atoms with Gasteiger partial charge in [0.15, 0.2) is 0 Å². The molecule has 1 aliphatic rings. The second kappa shape index (κ2) is 1.91. The second-order valence-electron chi connectivity index (χ2n) is 1.92. The van der Waals surface area contributed by atoms with Crippen LogP contribution in [-0.4, -0.2) is 25.9 Å². The first kappa shape index (κ1) is 5.84. The summed E-state index contributed by atoms with van der Waals surface area (Å²) in [7, 11) is 0. The molecule has 1 fully saturated rings. The number of hydrogen-bond donors (Lipinski definition) is 2. The Kier molecular flexibility index (Phi) is 1.59. The van der Waals surface area contributed by atoms with Crippen LogP contribution in [0.5, 0.6) is 0 Å². The van der Waals surface area contributed by atoms with E-state index < -0.39 is 19.0 Å². The van der Waals surface area contributed by atoms with E-state index in [1.807, 2.05) is 0 Å². The van der Waals surface area contributed by atoms with Crippen LogP contribution in [0.3, 0.4) is 0 Å². The Bertz CT molecular complexity index is 64.1. The zero-order chi connectivity index (χ0) is 5.33. The first-order chi connectivity index (χ1) is 3.21. The van der Waals surface area contributed by atoms with Crippen molar-refractivity contribution in [3.63, 3.8) is 0 Å². The summed E-state index contributed by atoms with van der Waals surface area (Å²) in [4.78, 5) is 0. The van der Waals surface area contributed by atoms with E-state index in [1.54, 1.807) is 0 Å². The van der Waals surface area contributed by atoms with Gasteiger partial charge in [0, 0.05) is 0 Å². The molecule has 7 heavy (non-hydrogen) atoms. The van der Waals surface area contributed by atoms with Crippen LogP contribution in [0.15, 0.2) is 0 Å². The third kappa shape index (κ3) is 1.58. The molecule has 0 aromatic carbocycles. The van der Waals surface area contributed by atoms with E-state index in [0.29, 0.717) is 0 Å². The number of hydrogen-bond acceptors (Lipinski definition) is 2. The third-order valence-corrected chi connectivity index (χ3v) is 6.57. The van der Waals surface area contributed by atoms with Gasteiger partial charge in [-0.3, -0.25) is 0 Å². The summed E-state index contributed by atoms with van der Waals surface area (Å²) in [6.07, 6.45) is 2.10. The fraction of sp³-hybridized carbons (Fsp3) is 1.00. The van der Waals surface area contributed by atoms with Crippen LogP contribution in [0.1, 0.15) is 12.8 Å². The molecule has 0 aromatic rings. The van der Waals surface area contributed by atoms with Crippen LogP contribution in [0.25, 0.3) is 0 Å².